The van der Waals surface area contributed by atoms with Gasteiger partial charge < -0.3 is 5.32 Å². The van der Waals surface area contributed by atoms with Gasteiger partial charge in [0.15, 0.2) is 0 Å². The molecule has 140 valence electrons. The number of aryl methyl sites for hydroxylation is 3. The standard InChI is InChI=1S/C19H18ClIN4O2/c1-10-6-13(21)4-5-16(10)22-17-9-18(25-12(3)7-11(2)23-25)15(20)8-14(17)19(26)24-27/h4-9,22,27H,1-3H3,(H,24,26). The van der Waals surface area contributed by atoms with Gasteiger partial charge in [0, 0.05) is 15.0 Å². The first kappa shape index (κ1) is 19.7. The van der Waals surface area contributed by atoms with Crippen molar-refractivity contribution in [2.45, 2.75) is 20.8 Å². The summed E-state index contributed by atoms with van der Waals surface area (Å²) in [5.41, 5.74) is 6.72. The number of anilines is 2. The van der Waals surface area contributed by atoms with Gasteiger partial charge >= 0.3 is 0 Å². The van der Waals surface area contributed by atoms with Crippen LogP contribution < -0.4 is 10.8 Å². The predicted octanol–water partition coefficient (Wildman–Crippen LogP) is 4.92. The average Bonchev–Trinajstić information content (AvgIpc) is 2.95. The highest BCUT2D eigenvalue weighted by Crippen LogP contribution is 2.32. The average molecular weight is 497 g/mol. The van der Waals surface area contributed by atoms with Gasteiger partial charge in [0.1, 0.15) is 0 Å². The van der Waals surface area contributed by atoms with Gasteiger partial charge in [-0.3, -0.25) is 10.0 Å². The number of carbonyl (C=O) groups excluding carboxylic acids is 1. The number of amides is 1. The second-order valence-electron chi connectivity index (χ2n) is 6.21. The highest BCUT2D eigenvalue weighted by Gasteiger charge is 2.18. The SMILES string of the molecule is Cc1cc(C)n(-c2cc(Nc3ccc(I)cc3C)c(C(=O)NO)cc2Cl)n1. The van der Waals surface area contributed by atoms with Crippen molar-refractivity contribution in [2.24, 2.45) is 0 Å². The molecule has 0 aliphatic carbocycles. The van der Waals surface area contributed by atoms with Crippen LogP contribution in [-0.2, 0) is 0 Å². The lowest BCUT2D eigenvalue weighted by molar-refractivity contribution is 0.0707. The van der Waals surface area contributed by atoms with Crippen LogP contribution >= 0.6 is 34.2 Å². The fourth-order valence-corrected chi connectivity index (χ4v) is 3.75. The molecule has 0 radical (unpaired) electrons. The molecular weight excluding hydrogens is 479 g/mol. The molecule has 0 bridgehead atoms. The monoisotopic (exact) mass is 496 g/mol. The number of nitrogens with zero attached hydrogens (tertiary/aromatic N) is 2. The lowest BCUT2D eigenvalue weighted by Crippen LogP contribution is -2.20. The minimum atomic E-state index is -0.650. The molecular formula is C19H18ClIN4O2. The molecule has 0 fully saturated rings. The smallest absolute Gasteiger partial charge is 0.276 e. The molecule has 3 rings (SSSR count). The number of carbonyl (C=O) groups is 1. The maximum absolute atomic E-state index is 12.2. The summed E-state index contributed by atoms with van der Waals surface area (Å²) in [6, 6.07) is 11.2. The molecule has 0 aliphatic rings. The molecule has 1 heterocycles. The Morgan fingerprint density at radius 1 is 1.15 bits per heavy atom. The minimum absolute atomic E-state index is 0.228. The van der Waals surface area contributed by atoms with Crippen LogP contribution in [0.25, 0.3) is 5.69 Å². The van der Waals surface area contributed by atoms with E-state index in [0.29, 0.717) is 16.4 Å². The van der Waals surface area contributed by atoms with Gasteiger partial charge in [0.25, 0.3) is 5.91 Å². The lowest BCUT2D eigenvalue weighted by atomic mass is 10.1. The van der Waals surface area contributed by atoms with Gasteiger partial charge in [-0.05, 0) is 85.3 Å². The highest BCUT2D eigenvalue weighted by atomic mass is 127. The van der Waals surface area contributed by atoms with E-state index < -0.39 is 5.91 Å². The van der Waals surface area contributed by atoms with Gasteiger partial charge in [0.2, 0.25) is 0 Å². The zero-order valence-electron chi connectivity index (χ0n) is 15.0. The number of hydroxylamine groups is 1. The number of halogens is 2. The van der Waals surface area contributed by atoms with E-state index in [1.807, 2.05) is 45.0 Å². The first-order valence-corrected chi connectivity index (χ1v) is 9.60. The summed E-state index contributed by atoms with van der Waals surface area (Å²) in [5, 5.41) is 17.2. The fraction of sp³-hybridized carbons (Fsp3) is 0.158. The summed E-state index contributed by atoms with van der Waals surface area (Å²) in [7, 11) is 0. The Balaban J connectivity index is 2.15. The number of nitrogens with one attached hydrogen (secondary N) is 2. The largest absolute Gasteiger partial charge is 0.355 e. The van der Waals surface area contributed by atoms with E-state index in [4.69, 9.17) is 16.8 Å². The maximum Gasteiger partial charge on any atom is 0.276 e. The molecule has 2 aromatic carbocycles. The van der Waals surface area contributed by atoms with Crippen LogP contribution in [0.4, 0.5) is 11.4 Å². The Morgan fingerprint density at radius 2 is 1.89 bits per heavy atom. The van der Waals surface area contributed by atoms with Crippen molar-refractivity contribution in [3.05, 3.63) is 67.5 Å². The number of benzene rings is 2. The molecule has 0 aliphatic heterocycles. The van der Waals surface area contributed by atoms with Crippen molar-refractivity contribution in [1.29, 1.82) is 0 Å². The summed E-state index contributed by atoms with van der Waals surface area (Å²) < 4.78 is 2.84. The second kappa shape index (κ2) is 7.87. The molecule has 27 heavy (non-hydrogen) atoms. The Bertz CT molecular complexity index is 1030. The molecule has 6 nitrogen and oxygen atoms in total. The van der Waals surface area contributed by atoms with Crippen LogP contribution in [0.3, 0.4) is 0 Å². The molecule has 0 saturated carbocycles. The van der Waals surface area contributed by atoms with E-state index in [9.17, 15) is 4.79 Å². The zero-order valence-corrected chi connectivity index (χ0v) is 17.9. The third-order valence-corrected chi connectivity index (χ3v) is 5.10. The van der Waals surface area contributed by atoms with Crippen LogP contribution in [0.2, 0.25) is 5.02 Å². The summed E-state index contributed by atoms with van der Waals surface area (Å²) in [6.45, 7) is 5.81. The van der Waals surface area contributed by atoms with Crippen molar-refractivity contribution < 1.29 is 10.0 Å². The molecule has 3 aromatic rings. The van der Waals surface area contributed by atoms with Crippen LogP contribution in [0.5, 0.6) is 0 Å². The molecule has 0 saturated heterocycles. The Labute approximate surface area is 175 Å². The van der Waals surface area contributed by atoms with Crippen LogP contribution in [0, 0.1) is 24.3 Å². The molecule has 3 N–H and O–H groups in total. The highest BCUT2D eigenvalue weighted by molar-refractivity contribution is 14.1. The van der Waals surface area contributed by atoms with Crippen molar-refractivity contribution in [3.8, 4) is 5.69 Å². The molecule has 1 amide bonds. The lowest BCUT2D eigenvalue weighted by Gasteiger charge is -2.16. The quantitative estimate of drug-likeness (QED) is 0.272. The summed E-state index contributed by atoms with van der Waals surface area (Å²) in [4.78, 5) is 12.2. The van der Waals surface area contributed by atoms with E-state index in [0.717, 1.165) is 26.2 Å². The fourth-order valence-electron chi connectivity index (χ4n) is 2.86. The Kier molecular flexibility index (Phi) is 5.73. The summed E-state index contributed by atoms with van der Waals surface area (Å²) in [6.07, 6.45) is 0. The normalized spacial score (nSPS) is 10.7. The molecule has 0 unspecified atom stereocenters. The maximum atomic E-state index is 12.2. The van der Waals surface area contributed by atoms with Crippen LogP contribution in [0.1, 0.15) is 27.3 Å². The Hall–Kier alpha value is -2.10. The second-order valence-corrected chi connectivity index (χ2v) is 7.87. The minimum Gasteiger partial charge on any atom is -0.355 e. The van der Waals surface area contributed by atoms with Crippen molar-refractivity contribution in [1.82, 2.24) is 15.3 Å². The number of rotatable bonds is 4. The predicted molar refractivity (Wildman–Crippen MR) is 114 cm³/mol. The molecule has 0 spiro atoms. The molecule has 8 heteroatoms. The summed E-state index contributed by atoms with van der Waals surface area (Å²) >= 11 is 8.67. The van der Waals surface area contributed by atoms with E-state index >= 15 is 0 Å². The third kappa shape index (κ3) is 4.10. The van der Waals surface area contributed by atoms with Crippen LogP contribution in [-0.4, -0.2) is 20.9 Å². The van der Waals surface area contributed by atoms with Crippen LogP contribution in [0.15, 0.2) is 36.4 Å². The molecule has 1 aromatic heterocycles. The van der Waals surface area contributed by atoms with Gasteiger partial charge in [0.05, 0.1) is 27.7 Å². The first-order valence-electron chi connectivity index (χ1n) is 8.15. The Morgan fingerprint density at radius 3 is 2.48 bits per heavy atom. The van der Waals surface area contributed by atoms with Crippen molar-refractivity contribution in [2.75, 3.05) is 5.32 Å². The van der Waals surface area contributed by atoms with E-state index in [1.54, 1.807) is 16.2 Å². The summed E-state index contributed by atoms with van der Waals surface area (Å²) in [5.74, 6) is -0.650. The van der Waals surface area contributed by atoms with Gasteiger partial charge in [-0.2, -0.15) is 5.10 Å². The van der Waals surface area contributed by atoms with E-state index in [1.165, 1.54) is 6.07 Å². The van der Waals surface area contributed by atoms with Crippen molar-refractivity contribution in [3.63, 3.8) is 0 Å². The topological polar surface area (TPSA) is 79.2 Å². The number of hydrogen-bond acceptors (Lipinski definition) is 4. The van der Waals surface area contributed by atoms with E-state index in [-0.39, 0.29) is 5.56 Å². The number of aromatic nitrogens is 2. The molecule has 0 atom stereocenters. The first-order chi connectivity index (χ1) is 12.8. The zero-order chi connectivity index (χ0) is 19.7. The van der Waals surface area contributed by atoms with Gasteiger partial charge in [-0.25, -0.2) is 10.2 Å². The van der Waals surface area contributed by atoms with Gasteiger partial charge in [-0.1, -0.05) is 11.6 Å². The van der Waals surface area contributed by atoms with E-state index in [2.05, 4.69) is 33.0 Å². The number of hydrogen-bond donors (Lipinski definition) is 3. The van der Waals surface area contributed by atoms with Crippen molar-refractivity contribution >= 4 is 51.5 Å². The van der Waals surface area contributed by atoms with Gasteiger partial charge in [-0.15, -0.1) is 0 Å². The third-order valence-electron chi connectivity index (χ3n) is 4.13.